The Kier molecular flexibility index (Phi) is 4.55. The molecule has 0 bridgehead atoms. The number of aliphatic hydroxyl groups is 1. The lowest BCUT2D eigenvalue weighted by Gasteiger charge is -2.24. The second-order valence-electron chi connectivity index (χ2n) is 4.89. The van der Waals surface area contributed by atoms with Gasteiger partial charge in [0.05, 0.1) is 6.61 Å². The summed E-state index contributed by atoms with van der Waals surface area (Å²) in [4.78, 5) is 4.20. The van der Waals surface area contributed by atoms with Crippen molar-refractivity contribution < 1.29 is 9.50 Å². The molecule has 0 saturated carbocycles. The van der Waals surface area contributed by atoms with Crippen molar-refractivity contribution in [2.75, 3.05) is 38.2 Å². The van der Waals surface area contributed by atoms with Crippen molar-refractivity contribution in [1.82, 2.24) is 4.90 Å². The zero-order chi connectivity index (χ0) is 13.0. The molecule has 1 N–H and O–H groups in total. The highest BCUT2D eigenvalue weighted by Gasteiger charge is 2.18. The molecule has 1 aliphatic heterocycles. The molecule has 100 valence electrons. The van der Waals surface area contributed by atoms with Gasteiger partial charge in [-0.2, -0.15) is 0 Å². The van der Waals surface area contributed by atoms with Gasteiger partial charge in [0.25, 0.3) is 0 Å². The predicted molar refractivity (Wildman–Crippen MR) is 71.3 cm³/mol. The molecule has 2 rings (SSSR count). The molecule has 1 saturated heterocycles. The average molecular weight is 252 g/mol. The summed E-state index contributed by atoms with van der Waals surface area (Å²) >= 11 is 0. The summed E-state index contributed by atoms with van der Waals surface area (Å²) in [5.41, 5.74) is 1.76. The van der Waals surface area contributed by atoms with E-state index in [4.69, 9.17) is 5.11 Å². The van der Waals surface area contributed by atoms with Crippen molar-refractivity contribution in [2.24, 2.45) is 0 Å². The number of halogens is 1. The van der Waals surface area contributed by atoms with E-state index in [0.29, 0.717) is 13.1 Å². The molecular formula is C14H21FN2O. The number of benzene rings is 1. The van der Waals surface area contributed by atoms with Gasteiger partial charge in [0.15, 0.2) is 0 Å². The lowest BCUT2D eigenvalue weighted by atomic mass is 10.1. The van der Waals surface area contributed by atoms with E-state index in [9.17, 15) is 4.39 Å². The Hall–Kier alpha value is -1.13. The number of rotatable bonds is 5. The van der Waals surface area contributed by atoms with Crippen LogP contribution in [0.4, 0.5) is 10.1 Å². The maximum absolute atomic E-state index is 14.0. The molecule has 1 aliphatic rings. The van der Waals surface area contributed by atoms with Crippen LogP contribution in [0.2, 0.25) is 0 Å². The second-order valence-corrected chi connectivity index (χ2v) is 4.89. The van der Waals surface area contributed by atoms with Gasteiger partial charge in [0, 0.05) is 37.4 Å². The zero-order valence-electron chi connectivity index (χ0n) is 10.9. The summed E-state index contributed by atoms with van der Waals surface area (Å²) in [5.74, 6) is -0.149. The van der Waals surface area contributed by atoms with Crippen molar-refractivity contribution in [2.45, 2.75) is 19.4 Å². The Morgan fingerprint density at radius 3 is 2.72 bits per heavy atom. The molecule has 0 unspecified atom stereocenters. The van der Waals surface area contributed by atoms with Crippen LogP contribution in [0.5, 0.6) is 0 Å². The largest absolute Gasteiger partial charge is 0.395 e. The second kappa shape index (κ2) is 6.16. The van der Waals surface area contributed by atoms with Crippen molar-refractivity contribution in [3.05, 3.63) is 29.6 Å². The van der Waals surface area contributed by atoms with Crippen LogP contribution in [0.15, 0.2) is 18.2 Å². The minimum atomic E-state index is -0.149. The van der Waals surface area contributed by atoms with Crippen LogP contribution in [0.1, 0.15) is 18.4 Å². The maximum atomic E-state index is 14.0. The number of hydrogen-bond acceptors (Lipinski definition) is 3. The highest BCUT2D eigenvalue weighted by molar-refractivity contribution is 5.54. The van der Waals surface area contributed by atoms with Gasteiger partial charge in [-0.05, 0) is 32.0 Å². The maximum Gasteiger partial charge on any atom is 0.129 e. The van der Waals surface area contributed by atoms with Crippen LogP contribution in [-0.2, 0) is 6.54 Å². The molecule has 18 heavy (non-hydrogen) atoms. The predicted octanol–water partition coefficient (Wildman–Crippen LogP) is 1.85. The Morgan fingerprint density at radius 1 is 1.33 bits per heavy atom. The molecule has 3 nitrogen and oxygen atoms in total. The monoisotopic (exact) mass is 252 g/mol. The van der Waals surface area contributed by atoms with E-state index in [0.717, 1.165) is 24.3 Å². The smallest absolute Gasteiger partial charge is 0.129 e. The molecule has 1 heterocycles. The van der Waals surface area contributed by atoms with E-state index in [2.05, 4.69) is 4.90 Å². The molecule has 0 radical (unpaired) electrons. The molecule has 0 aromatic heterocycles. The lowest BCUT2D eigenvalue weighted by Crippen LogP contribution is -2.25. The highest BCUT2D eigenvalue weighted by atomic mass is 19.1. The van der Waals surface area contributed by atoms with Gasteiger partial charge in [-0.3, -0.25) is 4.90 Å². The fourth-order valence-corrected chi connectivity index (χ4v) is 2.48. The third-order valence-corrected chi connectivity index (χ3v) is 3.45. The van der Waals surface area contributed by atoms with Crippen molar-refractivity contribution in [3.8, 4) is 0 Å². The molecule has 1 aromatic rings. The summed E-state index contributed by atoms with van der Waals surface area (Å²) in [6, 6.07) is 5.29. The van der Waals surface area contributed by atoms with E-state index in [1.807, 2.05) is 18.0 Å². The molecule has 0 spiro atoms. The Morgan fingerprint density at radius 2 is 2.06 bits per heavy atom. The van der Waals surface area contributed by atoms with Crippen LogP contribution >= 0.6 is 0 Å². The van der Waals surface area contributed by atoms with E-state index < -0.39 is 0 Å². The fourth-order valence-electron chi connectivity index (χ4n) is 2.48. The first-order chi connectivity index (χ1) is 8.72. The quantitative estimate of drug-likeness (QED) is 0.866. The number of hydrogen-bond donors (Lipinski definition) is 1. The molecule has 0 aliphatic carbocycles. The first-order valence-corrected chi connectivity index (χ1v) is 6.54. The zero-order valence-corrected chi connectivity index (χ0v) is 10.9. The normalized spacial score (nSPS) is 15.7. The van der Waals surface area contributed by atoms with E-state index >= 15 is 0 Å². The van der Waals surface area contributed by atoms with Gasteiger partial charge >= 0.3 is 0 Å². The summed E-state index contributed by atoms with van der Waals surface area (Å²) in [5, 5.41) is 8.92. The minimum absolute atomic E-state index is 0.101. The van der Waals surface area contributed by atoms with Gasteiger partial charge in [0.1, 0.15) is 5.82 Å². The van der Waals surface area contributed by atoms with Crippen molar-refractivity contribution in [1.29, 1.82) is 0 Å². The molecule has 4 heteroatoms. The van der Waals surface area contributed by atoms with Crippen LogP contribution in [0, 0.1) is 5.82 Å². The van der Waals surface area contributed by atoms with Crippen LogP contribution in [-0.4, -0.2) is 43.3 Å². The molecular weight excluding hydrogens is 231 g/mol. The Labute approximate surface area is 108 Å². The molecule has 1 fully saturated rings. The topological polar surface area (TPSA) is 26.7 Å². The standard InChI is InChI=1S/C14H21FN2O/c1-16(9-10-18)11-12-13(15)5-4-6-14(12)17-7-2-3-8-17/h4-6,18H,2-3,7-11H2,1H3. The minimum Gasteiger partial charge on any atom is -0.395 e. The van der Waals surface area contributed by atoms with E-state index in [-0.39, 0.29) is 12.4 Å². The summed E-state index contributed by atoms with van der Waals surface area (Å²) in [6.45, 7) is 3.23. The molecule has 0 amide bonds. The number of anilines is 1. The third kappa shape index (κ3) is 3.00. The summed E-state index contributed by atoms with van der Waals surface area (Å²) < 4.78 is 14.0. The average Bonchev–Trinajstić information content (AvgIpc) is 2.85. The van der Waals surface area contributed by atoms with Crippen molar-refractivity contribution >= 4 is 5.69 Å². The Balaban J connectivity index is 2.20. The molecule has 1 aromatic carbocycles. The fraction of sp³-hybridized carbons (Fsp3) is 0.571. The Bertz CT molecular complexity index is 391. The highest BCUT2D eigenvalue weighted by Crippen LogP contribution is 2.27. The number of aliphatic hydroxyl groups excluding tert-OH is 1. The van der Waals surface area contributed by atoms with Crippen molar-refractivity contribution in [3.63, 3.8) is 0 Å². The van der Waals surface area contributed by atoms with Gasteiger partial charge < -0.3 is 10.0 Å². The van der Waals surface area contributed by atoms with Gasteiger partial charge in [-0.1, -0.05) is 6.07 Å². The third-order valence-electron chi connectivity index (χ3n) is 3.45. The summed E-state index contributed by atoms with van der Waals surface area (Å²) in [7, 11) is 1.90. The van der Waals surface area contributed by atoms with E-state index in [1.165, 1.54) is 18.9 Å². The van der Waals surface area contributed by atoms with Gasteiger partial charge in [0.2, 0.25) is 0 Å². The first-order valence-electron chi connectivity index (χ1n) is 6.54. The van der Waals surface area contributed by atoms with Crippen LogP contribution in [0.3, 0.4) is 0 Å². The first kappa shape index (κ1) is 13.3. The SMILES string of the molecule is CN(CCO)Cc1c(F)cccc1N1CCCC1. The van der Waals surface area contributed by atoms with Crippen LogP contribution in [0.25, 0.3) is 0 Å². The van der Waals surface area contributed by atoms with Crippen LogP contribution < -0.4 is 4.90 Å². The summed E-state index contributed by atoms with van der Waals surface area (Å²) in [6.07, 6.45) is 2.37. The van der Waals surface area contributed by atoms with E-state index in [1.54, 1.807) is 6.07 Å². The van der Waals surface area contributed by atoms with Gasteiger partial charge in [-0.15, -0.1) is 0 Å². The molecule has 0 atom stereocenters. The number of nitrogens with zero attached hydrogens (tertiary/aromatic N) is 2. The van der Waals surface area contributed by atoms with Gasteiger partial charge in [-0.25, -0.2) is 4.39 Å². The lowest BCUT2D eigenvalue weighted by molar-refractivity contribution is 0.216. The number of likely N-dealkylation sites (N-methyl/N-ethyl adjacent to an activating group) is 1.